The van der Waals surface area contributed by atoms with Crippen LogP contribution in [-0.4, -0.2) is 18.3 Å². The number of Topliss-reactive ketones (excluding diaryl/α,β-unsaturated/α-hetero) is 1. The maximum atomic E-state index is 13.3. The Bertz CT molecular complexity index is 992. The van der Waals surface area contributed by atoms with Crippen LogP contribution in [0.4, 0.5) is 10.1 Å². The number of carbonyl (C=O) groups excluding carboxylic acids is 2. The molecule has 0 saturated carbocycles. The van der Waals surface area contributed by atoms with Crippen molar-refractivity contribution in [1.82, 2.24) is 0 Å². The molecule has 0 aromatic heterocycles. The van der Waals surface area contributed by atoms with Crippen molar-refractivity contribution in [3.05, 3.63) is 84.2 Å². The number of para-hydroxylation sites is 1. The predicted molar refractivity (Wildman–Crippen MR) is 108 cm³/mol. The molecule has 0 heterocycles. The normalized spacial score (nSPS) is 10.4. The zero-order valence-electron chi connectivity index (χ0n) is 15.1. The van der Waals surface area contributed by atoms with Gasteiger partial charge < -0.3 is 10.1 Å². The number of anilines is 1. The molecule has 3 rings (SSSR count). The zero-order chi connectivity index (χ0) is 19.9. The van der Waals surface area contributed by atoms with Gasteiger partial charge in [0.05, 0.1) is 11.3 Å². The number of hydrogen-bond acceptors (Lipinski definition) is 4. The smallest absolute Gasteiger partial charge is 0.262 e. The number of hydrogen-bond donors (Lipinski definition) is 1. The molecule has 0 fully saturated rings. The van der Waals surface area contributed by atoms with Crippen molar-refractivity contribution >= 4 is 29.1 Å². The molecule has 0 bridgehead atoms. The van der Waals surface area contributed by atoms with E-state index in [4.69, 9.17) is 4.74 Å². The third-order valence-corrected chi connectivity index (χ3v) is 4.90. The van der Waals surface area contributed by atoms with E-state index in [1.807, 2.05) is 54.6 Å². The molecule has 0 aliphatic heterocycles. The first-order valence-corrected chi connectivity index (χ1v) is 9.39. The summed E-state index contributed by atoms with van der Waals surface area (Å²) in [6, 6.07) is 20.9. The summed E-state index contributed by atoms with van der Waals surface area (Å²) >= 11 is 1.54. The molecule has 142 valence electrons. The molecular weight excluding hydrogens is 377 g/mol. The van der Waals surface area contributed by atoms with E-state index in [0.29, 0.717) is 5.69 Å². The second-order valence-electron chi connectivity index (χ2n) is 5.94. The number of carbonyl (C=O) groups is 2. The van der Waals surface area contributed by atoms with Crippen LogP contribution in [0.15, 0.2) is 82.6 Å². The van der Waals surface area contributed by atoms with E-state index < -0.39 is 5.82 Å². The van der Waals surface area contributed by atoms with Gasteiger partial charge in [-0.1, -0.05) is 42.1 Å². The number of halogens is 1. The summed E-state index contributed by atoms with van der Waals surface area (Å²) < 4.78 is 18.8. The highest BCUT2D eigenvalue weighted by Crippen LogP contribution is 2.33. The number of rotatable bonds is 7. The lowest BCUT2D eigenvalue weighted by Gasteiger charge is -2.12. The number of ketones is 1. The number of ether oxygens (including phenoxy) is 1. The molecule has 1 N–H and O–H groups in total. The van der Waals surface area contributed by atoms with Crippen LogP contribution < -0.4 is 10.1 Å². The first-order chi connectivity index (χ1) is 13.5. The van der Waals surface area contributed by atoms with Crippen LogP contribution in [0.5, 0.6) is 5.75 Å². The molecule has 0 aliphatic rings. The number of benzene rings is 3. The summed E-state index contributed by atoms with van der Waals surface area (Å²) in [5.74, 6) is -1.07. The molecule has 0 radical (unpaired) electrons. The van der Waals surface area contributed by atoms with E-state index in [1.165, 1.54) is 30.8 Å². The fourth-order valence-electron chi connectivity index (χ4n) is 2.51. The molecule has 0 saturated heterocycles. The molecule has 0 unspecified atom stereocenters. The highest BCUT2D eigenvalue weighted by Gasteiger charge is 2.13. The Labute approximate surface area is 166 Å². The Balaban J connectivity index is 1.67. The highest BCUT2D eigenvalue weighted by molar-refractivity contribution is 7.99. The van der Waals surface area contributed by atoms with Crippen molar-refractivity contribution in [2.24, 2.45) is 0 Å². The molecule has 28 heavy (non-hydrogen) atoms. The van der Waals surface area contributed by atoms with E-state index in [0.717, 1.165) is 15.9 Å². The summed E-state index contributed by atoms with van der Waals surface area (Å²) in [5.41, 5.74) is 0.767. The summed E-state index contributed by atoms with van der Waals surface area (Å²) in [4.78, 5) is 25.9. The van der Waals surface area contributed by atoms with E-state index in [2.05, 4.69) is 5.32 Å². The standard InChI is InChI=1S/C22H18FNO3S/c1-15(25)18-13-16(23)11-12-20(18)27-14-22(26)24-19-9-5-6-10-21(19)28-17-7-3-2-4-8-17/h2-13H,14H2,1H3,(H,24,26). The monoisotopic (exact) mass is 395 g/mol. The minimum absolute atomic E-state index is 0.104. The van der Waals surface area contributed by atoms with E-state index in [9.17, 15) is 14.0 Å². The van der Waals surface area contributed by atoms with Gasteiger partial charge in [0.25, 0.3) is 5.91 Å². The van der Waals surface area contributed by atoms with Crippen molar-refractivity contribution in [1.29, 1.82) is 0 Å². The lowest BCUT2D eigenvalue weighted by molar-refractivity contribution is -0.118. The quantitative estimate of drug-likeness (QED) is 0.559. The Hall–Kier alpha value is -3.12. The molecular formula is C22H18FNO3S. The van der Waals surface area contributed by atoms with Gasteiger partial charge in [-0.3, -0.25) is 9.59 Å². The fourth-order valence-corrected chi connectivity index (χ4v) is 3.43. The molecule has 6 heteroatoms. The molecule has 4 nitrogen and oxygen atoms in total. The molecule has 0 spiro atoms. The van der Waals surface area contributed by atoms with Crippen LogP contribution in [0.2, 0.25) is 0 Å². The van der Waals surface area contributed by atoms with Crippen LogP contribution in [0, 0.1) is 5.82 Å². The van der Waals surface area contributed by atoms with Crippen LogP contribution in [-0.2, 0) is 4.79 Å². The molecule has 0 atom stereocenters. The van der Waals surface area contributed by atoms with Gasteiger partial charge in [0.1, 0.15) is 11.6 Å². The van der Waals surface area contributed by atoms with Gasteiger partial charge in [-0.05, 0) is 49.4 Å². The van der Waals surface area contributed by atoms with E-state index >= 15 is 0 Å². The molecule has 3 aromatic carbocycles. The minimum Gasteiger partial charge on any atom is -0.483 e. The third kappa shape index (κ3) is 5.20. The second kappa shape index (κ2) is 9.19. The average Bonchev–Trinajstić information content (AvgIpc) is 2.69. The highest BCUT2D eigenvalue weighted by atomic mass is 32.2. The maximum absolute atomic E-state index is 13.3. The molecule has 0 aliphatic carbocycles. The zero-order valence-corrected chi connectivity index (χ0v) is 16.0. The van der Waals surface area contributed by atoms with Crippen molar-refractivity contribution in [2.75, 3.05) is 11.9 Å². The Morgan fingerprint density at radius 2 is 1.71 bits per heavy atom. The SMILES string of the molecule is CC(=O)c1cc(F)ccc1OCC(=O)Nc1ccccc1Sc1ccccc1. The van der Waals surface area contributed by atoms with Gasteiger partial charge in [-0.15, -0.1) is 0 Å². The van der Waals surface area contributed by atoms with E-state index in [1.54, 1.807) is 0 Å². The Kier molecular flexibility index (Phi) is 6.45. The van der Waals surface area contributed by atoms with E-state index in [-0.39, 0.29) is 29.6 Å². The van der Waals surface area contributed by atoms with Crippen LogP contribution in [0.3, 0.4) is 0 Å². The summed E-state index contributed by atoms with van der Waals surface area (Å²) in [6.45, 7) is 1.02. The first-order valence-electron chi connectivity index (χ1n) is 8.58. The van der Waals surface area contributed by atoms with Gasteiger partial charge in [-0.2, -0.15) is 0 Å². The Morgan fingerprint density at radius 3 is 2.46 bits per heavy atom. The predicted octanol–water partition coefficient (Wildman–Crippen LogP) is 5.20. The molecule has 3 aromatic rings. The van der Waals surface area contributed by atoms with Gasteiger partial charge in [0.15, 0.2) is 12.4 Å². The second-order valence-corrected chi connectivity index (χ2v) is 7.06. The van der Waals surface area contributed by atoms with Crippen LogP contribution in [0.25, 0.3) is 0 Å². The summed E-state index contributed by atoms with van der Waals surface area (Å²) in [7, 11) is 0. The summed E-state index contributed by atoms with van der Waals surface area (Å²) in [5, 5.41) is 2.82. The largest absolute Gasteiger partial charge is 0.483 e. The summed E-state index contributed by atoms with van der Waals surface area (Å²) in [6.07, 6.45) is 0. The maximum Gasteiger partial charge on any atom is 0.262 e. The van der Waals surface area contributed by atoms with Crippen molar-refractivity contribution < 1.29 is 18.7 Å². The Morgan fingerprint density at radius 1 is 1.00 bits per heavy atom. The van der Waals surface area contributed by atoms with Crippen LogP contribution >= 0.6 is 11.8 Å². The van der Waals surface area contributed by atoms with Crippen LogP contribution in [0.1, 0.15) is 17.3 Å². The fraction of sp³-hybridized carbons (Fsp3) is 0.0909. The average molecular weight is 395 g/mol. The number of nitrogens with one attached hydrogen (secondary N) is 1. The van der Waals surface area contributed by atoms with Gasteiger partial charge in [0, 0.05) is 9.79 Å². The van der Waals surface area contributed by atoms with Crippen molar-refractivity contribution in [2.45, 2.75) is 16.7 Å². The van der Waals surface area contributed by atoms with Crippen molar-refractivity contribution in [3.8, 4) is 5.75 Å². The van der Waals surface area contributed by atoms with Gasteiger partial charge >= 0.3 is 0 Å². The molecule has 1 amide bonds. The topological polar surface area (TPSA) is 55.4 Å². The lowest BCUT2D eigenvalue weighted by atomic mass is 10.1. The van der Waals surface area contributed by atoms with Crippen molar-refractivity contribution in [3.63, 3.8) is 0 Å². The number of amides is 1. The van der Waals surface area contributed by atoms with Gasteiger partial charge in [0.2, 0.25) is 0 Å². The van der Waals surface area contributed by atoms with Gasteiger partial charge in [-0.25, -0.2) is 4.39 Å². The lowest BCUT2D eigenvalue weighted by Crippen LogP contribution is -2.21. The minimum atomic E-state index is -0.533. The third-order valence-electron chi connectivity index (χ3n) is 3.81. The first kappa shape index (κ1) is 19.6.